The lowest BCUT2D eigenvalue weighted by Crippen LogP contribution is -2.40. The minimum atomic E-state index is -3.69. The monoisotopic (exact) mass is 253 g/mol. The number of ether oxygens (including phenoxy) is 2. The molecule has 7 nitrogen and oxygen atoms in total. The molecule has 0 fully saturated rings. The fraction of sp³-hybridized carbons (Fsp3) is 0.750. The fourth-order valence-corrected chi connectivity index (χ4v) is 2.06. The van der Waals surface area contributed by atoms with E-state index in [0.29, 0.717) is 0 Å². The summed E-state index contributed by atoms with van der Waals surface area (Å²) in [6, 6.07) is -0.979. The van der Waals surface area contributed by atoms with E-state index in [-0.39, 0.29) is 6.42 Å². The molecule has 94 valence electrons. The molecule has 16 heavy (non-hydrogen) atoms. The van der Waals surface area contributed by atoms with Crippen molar-refractivity contribution < 1.29 is 27.5 Å². The highest BCUT2D eigenvalue weighted by atomic mass is 32.2. The van der Waals surface area contributed by atoms with E-state index in [4.69, 9.17) is 0 Å². The van der Waals surface area contributed by atoms with Gasteiger partial charge in [0.15, 0.2) is 0 Å². The van der Waals surface area contributed by atoms with E-state index in [1.165, 1.54) is 14.0 Å². The number of hydrogen-bond acceptors (Lipinski definition) is 6. The zero-order chi connectivity index (χ0) is 12.8. The summed E-state index contributed by atoms with van der Waals surface area (Å²) < 4.78 is 33.4. The smallest absolute Gasteiger partial charge is 0.323 e. The molecular weight excluding hydrogens is 238 g/mol. The highest BCUT2D eigenvalue weighted by Gasteiger charge is 2.21. The van der Waals surface area contributed by atoms with E-state index in [1.807, 2.05) is 0 Å². The summed E-state index contributed by atoms with van der Waals surface area (Å²) in [6.07, 6.45) is -0.264. The van der Waals surface area contributed by atoms with Crippen LogP contribution in [0.1, 0.15) is 13.3 Å². The number of rotatable bonds is 6. The van der Waals surface area contributed by atoms with Gasteiger partial charge in [0.2, 0.25) is 10.0 Å². The van der Waals surface area contributed by atoms with Crippen LogP contribution < -0.4 is 4.72 Å². The third-order valence-corrected chi connectivity index (χ3v) is 3.17. The van der Waals surface area contributed by atoms with Crippen LogP contribution >= 0.6 is 0 Å². The van der Waals surface area contributed by atoms with Crippen molar-refractivity contribution in [3.63, 3.8) is 0 Å². The van der Waals surface area contributed by atoms with Gasteiger partial charge in [-0.25, -0.2) is 13.1 Å². The molecule has 0 aromatic rings. The van der Waals surface area contributed by atoms with E-state index in [0.717, 1.165) is 7.11 Å². The average Bonchev–Trinajstić information content (AvgIpc) is 2.24. The summed E-state index contributed by atoms with van der Waals surface area (Å²) in [5, 5.41) is 0. The van der Waals surface area contributed by atoms with Crippen molar-refractivity contribution in [1.82, 2.24) is 4.72 Å². The van der Waals surface area contributed by atoms with Crippen LogP contribution in [0.5, 0.6) is 0 Å². The van der Waals surface area contributed by atoms with Gasteiger partial charge in [-0.2, -0.15) is 0 Å². The van der Waals surface area contributed by atoms with E-state index >= 15 is 0 Å². The van der Waals surface area contributed by atoms with Gasteiger partial charge in [-0.3, -0.25) is 9.59 Å². The number of carbonyl (C=O) groups excluding carboxylic acids is 2. The summed E-state index contributed by atoms with van der Waals surface area (Å²) in [7, 11) is -1.37. The van der Waals surface area contributed by atoms with Crippen LogP contribution in [0.3, 0.4) is 0 Å². The largest absolute Gasteiger partial charge is 0.469 e. The summed E-state index contributed by atoms with van der Waals surface area (Å²) in [5.41, 5.74) is 0. The molecular formula is C8H15NO6S. The summed E-state index contributed by atoms with van der Waals surface area (Å²) in [5.74, 6) is -1.75. The lowest BCUT2D eigenvalue weighted by Gasteiger charge is -2.11. The molecule has 1 N–H and O–H groups in total. The quantitative estimate of drug-likeness (QED) is 0.611. The molecule has 0 heterocycles. The van der Waals surface area contributed by atoms with Crippen molar-refractivity contribution in [2.24, 2.45) is 0 Å². The Labute approximate surface area is 94.2 Å². The SMILES string of the molecule is COC(=O)CCS(=O)(=O)NC(C)C(=O)OC. The Kier molecular flexibility index (Phi) is 5.97. The Balaban J connectivity index is 4.25. The maximum atomic E-state index is 11.4. The van der Waals surface area contributed by atoms with Gasteiger partial charge in [-0.05, 0) is 6.92 Å². The summed E-state index contributed by atoms with van der Waals surface area (Å²) >= 11 is 0. The first-order valence-electron chi connectivity index (χ1n) is 4.47. The Bertz CT molecular complexity index is 350. The van der Waals surface area contributed by atoms with E-state index in [2.05, 4.69) is 14.2 Å². The zero-order valence-electron chi connectivity index (χ0n) is 9.35. The van der Waals surface area contributed by atoms with Crippen molar-refractivity contribution in [2.75, 3.05) is 20.0 Å². The maximum absolute atomic E-state index is 11.4. The Morgan fingerprint density at radius 2 is 1.81 bits per heavy atom. The Morgan fingerprint density at radius 1 is 1.25 bits per heavy atom. The zero-order valence-corrected chi connectivity index (χ0v) is 10.2. The predicted octanol–water partition coefficient (Wildman–Crippen LogP) is -0.970. The first-order chi connectivity index (χ1) is 7.32. The van der Waals surface area contributed by atoms with Gasteiger partial charge < -0.3 is 9.47 Å². The molecule has 0 aromatic carbocycles. The topological polar surface area (TPSA) is 98.8 Å². The average molecular weight is 253 g/mol. The molecule has 0 saturated carbocycles. The second-order valence-corrected chi connectivity index (χ2v) is 4.88. The maximum Gasteiger partial charge on any atom is 0.323 e. The number of sulfonamides is 1. The minimum Gasteiger partial charge on any atom is -0.469 e. The third-order valence-electron chi connectivity index (χ3n) is 1.71. The molecule has 0 amide bonds. The Hall–Kier alpha value is -1.15. The van der Waals surface area contributed by atoms with Gasteiger partial charge >= 0.3 is 11.9 Å². The molecule has 1 atom stereocenters. The number of nitrogens with one attached hydrogen (secondary N) is 1. The number of esters is 2. The second kappa shape index (κ2) is 6.44. The van der Waals surface area contributed by atoms with Gasteiger partial charge in [0.05, 0.1) is 26.4 Å². The predicted molar refractivity (Wildman–Crippen MR) is 55.0 cm³/mol. The molecule has 1 unspecified atom stereocenters. The van der Waals surface area contributed by atoms with E-state index < -0.39 is 33.8 Å². The van der Waals surface area contributed by atoms with Gasteiger partial charge in [-0.1, -0.05) is 0 Å². The van der Waals surface area contributed by atoms with E-state index in [9.17, 15) is 18.0 Å². The Morgan fingerprint density at radius 3 is 2.25 bits per heavy atom. The van der Waals surface area contributed by atoms with Crippen molar-refractivity contribution in [1.29, 1.82) is 0 Å². The van der Waals surface area contributed by atoms with Crippen LogP contribution in [0.4, 0.5) is 0 Å². The van der Waals surface area contributed by atoms with Crippen LogP contribution in [0, 0.1) is 0 Å². The third kappa shape index (κ3) is 5.66. The molecule has 0 bridgehead atoms. The normalized spacial score (nSPS) is 12.9. The molecule has 0 aliphatic heterocycles. The molecule has 0 aliphatic rings. The van der Waals surface area contributed by atoms with E-state index in [1.54, 1.807) is 0 Å². The molecule has 0 spiro atoms. The van der Waals surface area contributed by atoms with Crippen molar-refractivity contribution in [3.05, 3.63) is 0 Å². The van der Waals surface area contributed by atoms with Gasteiger partial charge in [-0.15, -0.1) is 0 Å². The number of methoxy groups -OCH3 is 2. The highest BCUT2D eigenvalue weighted by molar-refractivity contribution is 7.89. The summed E-state index contributed by atoms with van der Waals surface area (Å²) in [6.45, 7) is 1.35. The molecule has 0 aromatic heterocycles. The first kappa shape index (κ1) is 14.8. The first-order valence-corrected chi connectivity index (χ1v) is 6.12. The number of carbonyl (C=O) groups is 2. The van der Waals surface area contributed by atoms with Crippen LogP contribution in [0.25, 0.3) is 0 Å². The molecule has 8 heteroatoms. The standard InChI is InChI=1S/C8H15NO6S/c1-6(8(11)15-3)9-16(12,13)5-4-7(10)14-2/h6,9H,4-5H2,1-3H3. The van der Waals surface area contributed by atoms with Crippen LogP contribution in [0.2, 0.25) is 0 Å². The fourth-order valence-electron chi connectivity index (χ4n) is 0.873. The lowest BCUT2D eigenvalue weighted by molar-refractivity contribution is -0.142. The second-order valence-electron chi connectivity index (χ2n) is 3.01. The van der Waals surface area contributed by atoms with Crippen molar-refractivity contribution in [3.8, 4) is 0 Å². The van der Waals surface area contributed by atoms with Crippen molar-refractivity contribution in [2.45, 2.75) is 19.4 Å². The van der Waals surface area contributed by atoms with Crippen LogP contribution in [-0.2, 0) is 29.1 Å². The van der Waals surface area contributed by atoms with Gasteiger partial charge in [0.1, 0.15) is 6.04 Å². The molecule has 0 saturated heterocycles. The minimum absolute atomic E-state index is 0.264. The van der Waals surface area contributed by atoms with Gasteiger partial charge in [0.25, 0.3) is 0 Å². The molecule has 0 rings (SSSR count). The lowest BCUT2D eigenvalue weighted by atomic mass is 10.4. The highest BCUT2D eigenvalue weighted by Crippen LogP contribution is 1.95. The summed E-state index contributed by atoms with van der Waals surface area (Å²) in [4.78, 5) is 21.7. The number of hydrogen-bond donors (Lipinski definition) is 1. The molecule has 0 radical (unpaired) electrons. The molecule has 0 aliphatic carbocycles. The van der Waals surface area contributed by atoms with Crippen LogP contribution in [-0.4, -0.2) is 46.4 Å². The van der Waals surface area contributed by atoms with Gasteiger partial charge in [0, 0.05) is 0 Å². The van der Waals surface area contributed by atoms with Crippen LogP contribution in [0.15, 0.2) is 0 Å². The van der Waals surface area contributed by atoms with Crippen molar-refractivity contribution >= 4 is 22.0 Å².